The van der Waals surface area contributed by atoms with Crippen molar-refractivity contribution in [2.24, 2.45) is 5.92 Å². The van der Waals surface area contributed by atoms with Crippen LogP contribution in [-0.4, -0.2) is 32.3 Å². The Bertz CT molecular complexity index is 642. The lowest BCUT2D eigenvalue weighted by atomic mass is 9.85. The summed E-state index contributed by atoms with van der Waals surface area (Å²) in [7, 11) is 1.44. The second-order valence-electron chi connectivity index (χ2n) is 5.22. The Labute approximate surface area is 134 Å². The maximum absolute atomic E-state index is 12.6. The average molecular weight is 350 g/mol. The summed E-state index contributed by atoms with van der Waals surface area (Å²) in [6.07, 6.45) is 3.47. The summed E-state index contributed by atoms with van der Waals surface area (Å²) in [5, 5.41) is 0.233. The van der Waals surface area contributed by atoms with Crippen molar-refractivity contribution in [1.82, 2.24) is 4.90 Å². The van der Waals surface area contributed by atoms with Crippen molar-refractivity contribution in [2.75, 3.05) is 13.1 Å². The van der Waals surface area contributed by atoms with Gasteiger partial charge < -0.3 is 4.90 Å². The monoisotopic (exact) mass is 349 g/mol. The molecule has 1 aromatic rings. The zero-order valence-corrected chi connectivity index (χ0v) is 14.0. The SMILES string of the molecule is CCN(CC1CCC1)C(=O)c1cc(S(=O)(=O)Cl)ccc1Cl. The van der Waals surface area contributed by atoms with E-state index in [-0.39, 0.29) is 21.4 Å². The first-order valence-corrected chi connectivity index (χ1v) is 9.55. The van der Waals surface area contributed by atoms with E-state index >= 15 is 0 Å². The molecule has 116 valence electrons. The van der Waals surface area contributed by atoms with Crippen molar-refractivity contribution in [3.8, 4) is 0 Å². The molecule has 4 nitrogen and oxygen atoms in total. The Hall–Kier alpha value is -0.780. The summed E-state index contributed by atoms with van der Waals surface area (Å²) in [6, 6.07) is 3.93. The van der Waals surface area contributed by atoms with Gasteiger partial charge in [0, 0.05) is 23.8 Å². The first kappa shape index (κ1) is 16.6. The molecule has 0 N–H and O–H groups in total. The number of halogens is 2. The maximum Gasteiger partial charge on any atom is 0.261 e. The normalized spacial score (nSPS) is 15.6. The molecule has 21 heavy (non-hydrogen) atoms. The number of hydrogen-bond acceptors (Lipinski definition) is 3. The van der Waals surface area contributed by atoms with Crippen LogP contribution in [0.5, 0.6) is 0 Å². The third-order valence-corrected chi connectivity index (χ3v) is 5.50. The molecular weight excluding hydrogens is 333 g/mol. The molecular formula is C14H17Cl2NO3S. The zero-order valence-electron chi connectivity index (χ0n) is 11.7. The van der Waals surface area contributed by atoms with Crippen molar-refractivity contribution in [3.05, 3.63) is 28.8 Å². The smallest absolute Gasteiger partial charge is 0.261 e. The molecule has 1 aliphatic carbocycles. The van der Waals surface area contributed by atoms with Gasteiger partial charge in [0.05, 0.1) is 15.5 Å². The Balaban J connectivity index is 2.27. The number of rotatable bonds is 5. The fourth-order valence-electron chi connectivity index (χ4n) is 2.33. The van der Waals surface area contributed by atoms with Gasteiger partial charge in [-0.2, -0.15) is 0 Å². The van der Waals surface area contributed by atoms with Crippen LogP contribution in [-0.2, 0) is 9.05 Å². The number of amides is 1. The van der Waals surface area contributed by atoms with Crippen LogP contribution in [0.4, 0.5) is 0 Å². The van der Waals surface area contributed by atoms with E-state index in [9.17, 15) is 13.2 Å². The molecule has 0 atom stereocenters. The van der Waals surface area contributed by atoms with Crippen LogP contribution in [0.3, 0.4) is 0 Å². The van der Waals surface area contributed by atoms with Crippen LogP contribution in [0.2, 0.25) is 5.02 Å². The summed E-state index contributed by atoms with van der Waals surface area (Å²) in [6.45, 7) is 3.14. The highest BCUT2D eigenvalue weighted by molar-refractivity contribution is 8.13. The first-order valence-electron chi connectivity index (χ1n) is 6.86. The van der Waals surface area contributed by atoms with Gasteiger partial charge >= 0.3 is 0 Å². The molecule has 1 aromatic carbocycles. The first-order chi connectivity index (χ1) is 9.82. The fourth-order valence-corrected chi connectivity index (χ4v) is 3.31. The van der Waals surface area contributed by atoms with E-state index in [0.717, 1.165) is 12.8 Å². The Morgan fingerprint density at radius 3 is 2.52 bits per heavy atom. The van der Waals surface area contributed by atoms with Gasteiger partial charge in [-0.15, -0.1) is 0 Å². The predicted octanol–water partition coefficient (Wildman–Crippen LogP) is 3.53. The van der Waals surface area contributed by atoms with Crippen molar-refractivity contribution in [3.63, 3.8) is 0 Å². The van der Waals surface area contributed by atoms with Crippen LogP contribution < -0.4 is 0 Å². The van der Waals surface area contributed by atoms with Gasteiger partial charge in [-0.1, -0.05) is 18.0 Å². The van der Waals surface area contributed by atoms with E-state index in [1.807, 2.05) is 6.92 Å². The third kappa shape index (κ3) is 3.90. The maximum atomic E-state index is 12.6. The van der Waals surface area contributed by atoms with Gasteiger partial charge in [0.2, 0.25) is 0 Å². The summed E-state index contributed by atoms with van der Waals surface area (Å²) < 4.78 is 22.8. The molecule has 0 unspecified atom stereocenters. The largest absolute Gasteiger partial charge is 0.339 e. The van der Waals surface area contributed by atoms with Gasteiger partial charge in [0.25, 0.3) is 15.0 Å². The lowest BCUT2D eigenvalue weighted by Gasteiger charge is -2.32. The van der Waals surface area contributed by atoms with Gasteiger partial charge in [0.15, 0.2) is 0 Å². The van der Waals surface area contributed by atoms with E-state index in [1.54, 1.807) is 4.90 Å². The molecule has 0 saturated heterocycles. The lowest BCUT2D eigenvalue weighted by Crippen LogP contribution is -2.37. The van der Waals surface area contributed by atoms with Crippen molar-refractivity contribution >= 4 is 37.2 Å². The molecule has 0 radical (unpaired) electrons. The van der Waals surface area contributed by atoms with Crippen LogP contribution in [0.15, 0.2) is 23.1 Å². The topological polar surface area (TPSA) is 54.5 Å². The highest BCUT2D eigenvalue weighted by Gasteiger charge is 2.25. The second kappa shape index (κ2) is 6.55. The van der Waals surface area contributed by atoms with Crippen molar-refractivity contribution in [1.29, 1.82) is 0 Å². The number of hydrogen-bond donors (Lipinski definition) is 0. The molecule has 1 amide bonds. The summed E-state index contributed by atoms with van der Waals surface area (Å²) in [5.74, 6) is 0.282. The molecule has 0 aromatic heterocycles. The van der Waals surface area contributed by atoms with E-state index in [4.69, 9.17) is 22.3 Å². The minimum Gasteiger partial charge on any atom is -0.339 e. The predicted molar refractivity (Wildman–Crippen MR) is 83.4 cm³/mol. The molecule has 1 saturated carbocycles. The van der Waals surface area contributed by atoms with Gasteiger partial charge in [-0.25, -0.2) is 8.42 Å². The number of carbonyl (C=O) groups is 1. The van der Waals surface area contributed by atoms with Crippen molar-refractivity contribution < 1.29 is 13.2 Å². The van der Waals surface area contributed by atoms with Gasteiger partial charge in [-0.05, 0) is 43.9 Å². The third-order valence-electron chi connectivity index (χ3n) is 3.82. The highest BCUT2D eigenvalue weighted by atomic mass is 35.7. The Morgan fingerprint density at radius 2 is 2.05 bits per heavy atom. The summed E-state index contributed by atoms with van der Waals surface area (Å²) >= 11 is 6.04. The van der Waals surface area contributed by atoms with Crippen LogP contribution in [0.25, 0.3) is 0 Å². The molecule has 1 aliphatic rings. The van der Waals surface area contributed by atoms with E-state index < -0.39 is 9.05 Å². The molecule has 0 aliphatic heterocycles. The molecule has 1 fully saturated rings. The molecule has 0 heterocycles. The van der Waals surface area contributed by atoms with E-state index in [0.29, 0.717) is 19.0 Å². The molecule has 2 rings (SSSR count). The van der Waals surface area contributed by atoms with Gasteiger partial charge in [0.1, 0.15) is 0 Å². The average Bonchev–Trinajstić information content (AvgIpc) is 2.36. The molecule has 0 spiro atoms. The Morgan fingerprint density at radius 1 is 1.38 bits per heavy atom. The highest BCUT2D eigenvalue weighted by Crippen LogP contribution is 2.29. The van der Waals surface area contributed by atoms with Crippen LogP contribution in [0.1, 0.15) is 36.5 Å². The second-order valence-corrected chi connectivity index (χ2v) is 8.19. The summed E-state index contributed by atoms with van der Waals surface area (Å²) in [5.41, 5.74) is 0.180. The number of carbonyl (C=O) groups excluding carboxylic acids is 1. The number of nitrogens with zero attached hydrogens (tertiary/aromatic N) is 1. The minimum atomic E-state index is -3.88. The Kier molecular flexibility index (Phi) is 5.17. The molecule has 0 bridgehead atoms. The zero-order chi connectivity index (χ0) is 15.6. The van der Waals surface area contributed by atoms with E-state index in [1.165, 1.54) is 24.6 Å². The van der Waals surface area contributed by atoms with Gasteiger partial charge in [-0.3, -0.25) is 4.79 Å². The fraction of sp³-hybridized carbons (Fsp3) is 0.500. The van der Waals surface area contributed by atoms with Crippen LogP contribution in [0, 0.1) is 5.92 Å². The number of benzene rings is 1. The van der Waals surface area contributed by atoms with Crippen LogP contribution >= 0.6 is 22.3 Å². The van der Waals surface area contributed by atoms with E-state index in [2.05, 4.69) is 0 Å². The standard InChI is InChI=1S/C14H17Cl2NO3S/c1-2-17(9-10-4-3-5-10)14(18)12-8-11(21(16,19)20)6-7-13(12)15/h6-8,10H,2-5,9H2,1H3. The van der Waals surface area contributed by atoms with Crippen molar-refractivity contribution in [2.45, 2.75) is 31.1 Å². The molecule has 7 heteroatoms. The summed E-state index contributed by atoms with van der Waals surface area (Å²) in [4.78, 5) is 14.1. The quantitative estimate of drug-likeness (QED) is 0.764. The minimum absolute atomic E-state index is 0.114. The lowest BCUT2D eigenvalue weighted by molar-refractivity contribution is 0.0706.